The molecule has 2 aliphatic carbocycles. The van der Waals surface area contributed by atoms with Crippen molar-refractivity contribution in [3.05, 3.63) is 28.8 Å². The van der Waals surface area contributed by atoms with Gasteiger partial charge < -0.3 is 15.7 Å². The van der Waals surface area contributed by atoms with Crippen LogP contribution >= 0.6 is 11.6 Å². The normalized spacial score (nSPS) is 22.0. The molecule has 0 bridgehead atoms. The summed E-state index contributed by atoms with van der Waals surface area (Å²) >= 11 is 6.17. The highest BCUT2D eigenvalue weighted by Crippen LogP contribution is 2.33. The number of nitrogens with zero attached hydrogens (tertiary/aromatic N) is 1. The minimum Gasteiger partial charge on any atom is -0.480 e. The van der Waals surface area contributed by atoms with Crippen LogP contribution in [0.15, 0.2) is 18.2 Å². The van der Waals surface area contributed by atoms with Gasteiger partial charge in [0.2, 0.25) is 0 Å². The number of urea groups is 1. The third kappa shape index (κ3) is 5.11. The zero-order valence-electron chi connectivity index (χ0n) is 15.0. The van der Waals surface area contributed by atoms with Crippen molar-refractivity contribution in [3.8, 4) is 0 Å². The molecule has 0 radical (unpaired) electrons. The van der Waals surface area contributed by atoms with Gasteiger partial charge in [0.25, 0.3) is 0 Å². The van der Waals surface area contributed by atoms with Gasteiger partial charge in [0.05, 0.1) is 6.54 Å². The molecule has 2 amide bonds. The summed E-state index contributed by atoms with van der Waals surface area (Å²) in [5.41, 5.74) is 1.72. The number of hydrogen-bond acceptors (Lipinski definition) is 3. The lowest BCUT2D eigenvalue weighted by Crippen LogP contribution is -2.55. The summed E-state index contributed by atoms with van der Waals surface area (Å²) in [5, 5.41) is 15.5. The maximum absolute atomic E-state index is 12.2. The van der Waals surface area contributed by atoms with Crippen molar-refractivity contribution in [3.63, 3.8) is 0 Å². The van der Waals surface area contributed by atoms with Gasteiger partial charge in [-0.2, -0.15) is 0 Å². The number of carboxylic acids is 1. The smallest absolute Gasteiger partial charge is 0.319 e. The van der Waals surface area contributed by atoms with Crippen molar-refractivity contribution in [2.45, 2.75) is 51.1 Å². The summed E-state index contributed by atoms with van der Waals surface area (Å²) in [6.07, 6.45) is 4.84. The third-order valence-electron chi connectivity index (χ3n) is 5.18. The number of aliphatic carboxylic acids is 1. The number of carbonyl (C=O) groups excluding carboxylic acids is 1. The van der Waals surface area contributed by atoms with Crippen LogP contribution in [0.5, 0.6) is 0 Å². The zero-order chi connectivity index (χ0) is 18.7. The maximum Gasteiger partial charge on any atom is 0.319 e. The van der Waals surface area contributed by atoms with Crippen LogP contribution in [0.3, 0.4) is 0 Å². The van der Waals surface area contributed by atoms with E-state index in [1.54, 1.807) is 6.07 Å². The van der Waals surface area contributed by atoms with Crippen molar-refractivity contribution in [2.24, 2.45) is 5.92 Å². The highest BCUT2D eigenvalue weighted by Gasteiger charge is 2.37. The van der Waals surface area contributed by atoms with E-state index in [-0.39, 0.29) is 24.7 Å². The molecule has 2 saturated carbocycles. The number of halogens is 1. The van der Waals surface area contributed by atoms with E-state index >= 15 is 0 Å². The predicted octanol–water partition coefficient (Wildman–Crippen LogP) is 3.35. The molecule has 142 valence electrons. The minimum atomic E-state index is -0.785. The first-order valence-corrected chi connectivity index (χ1v) is 9.64. The number of carbonyl (C=O) groups is 2. The van der Waals surface area contributed by atoms with E-state index in [2.05, 4.69) is 15.5 Å². The van der Waals surface area contributed by atoms with Gasteiger partial charge in [-0.05, 0) is 55.7 Å². The number of nitrogens with one attached hydrogen (secondary N) is 2. The Morgan fingerprint density at radius 3 is 2.62 bits per heavy atom. The van der Waals surface area contributed by atoms with Crippen molar-refractivity contribution >= 4 is 29.3 Å². The summed E-state index contributed by atoms with van der Waals surface area (Å²) in [6, 6.07) is 5.60. The third-order valence-corrected chi connectivity index (χ3v) is 5.54. The van der Waals surface area contributed by atoms with Crippen LogP contribution in [0.25, 0.3) is 0 Å². The average Bonchev–Trinajstić information content (AvgIpc) is 3.33. The molecule has 26 heavy (non-hydrogen) atoms. The summed E-state index contributed by atoms with van der Waals surface area (Å²) < 4.78 is 0. The first-order valence-electron chi connectivity index (χ1n) is 9.26. The SMILES string of the molecule is CCc1ccc(NC(=O)NC2CC(N(CC(=O)O)CC3CC3)C2)cc1Cl. The molecule has 2 aliphatic rings. The molecule has 3 N–H and O–H groups in total. The zero-order valence-corrected chi connectivity index (χ0v) is 15.8. The van der Waals surface area contributed by atoms with Gasteiger partial charge in [-0.1, -0.05) is 24.6 Å². The number of aryl methyl sites for hydroxylation is 1. The number of rotatable bonds is 8. The van der Waals surface area contributed by atoms with E-state index in [1.165, 1.54) is 12.8 Å². The molecular weight excluding hydrogens is 354 g/mol. The molecule has 6 nitrogen and oxygen atoms in total. The van der Waals surface area contributed by atoms with Crippen LogP contribution < -0.4 is 10.6 Å². The summed E-state index contributed by atoms with van der Waals surface area (Å²) in [6.45, 7) is 2.98. The predicted molar refractivity (Wildman–Crippen MR) is 102 cm³/mol. The van der Waals surface area contributed by atoms with Gasteiger partial charge in [-0.3, -0.25) is 9.69 Å². The lowest BCUT2D eigenvalue weighted by molar-refractivity contribution is -0.139. The van der Waals surface area contributed by atoms with Gasteiger partial charge in [0.15, 0.2) is 0 Å². The Bertz CT molecular complexity index is 672. The molecule has 2 fully saturated rings. The second-order valence-electron chi connectivity index (χ2n) is 7.35. The van der Waals surface area contributed by atoms with Crippen molar-refractivity contribution in [2.75, 3.05) is 18.4 Å². The van der Waals surface area contributed by atoms with Gasteiger partial charge >= 0.3 is 12.0 Å². The summed E-state index contributed by atoms with van der Waals surface area (Å²) in [7, 11) is 0. The van der Waals surface area contributed by atoms with E-state index in [4.69, 9.17) is 16.7 Å². The molecule has 0 aliphatic heterocycles. The monoisotopic (exact) mass is 379 g/mol. The summed E-state index contributed by atoms with van der Waals surface area (Å²) in [5.74, 6) is -0.132. The van der Waals surface area contributed by atoms with Crippen molar-refractivity contribution in [1.29, 1.82) is 0 Å². The first-order chi connectivity index (χ1) is 12.4. The van der Waals surface area contributed by atoms with Gasteiger partial charge in [0, 0.05) is 29.3 Å². The largest absolute Gasteiger partial charge is 0.480 e. The summed E-state index contributed by atoms with van der Waals surface area (Å²) in [4.78, 5) is 25.3. The second-order valence-corrected chi connectivity index (χ2v) is 7.75. The maximum atomic E-state index is 12.2. The second kappa shape index (κ2) is 8.27. The van der Waals surface area contributed by atoms with Crippen LogP contribution in [-0.4, -0.2) is 47.2 Å². The fourth-order valence-electron chi connectivity index (χ4n) is 3.42. The number of benzene rings is 1. The van der Waals surface area contributed by atoms with E-state index in [1.807, 2.05) is 19.1 Å². The lowest BCUT2D eigenvalue weighted by Gasteiger charge is -2.42. The van der Waals surface area contributed by atoms with Crippen molar-refractivity contribution < 1.29 is 14.7 Å². The van der Waals surface area contributed by atoms with Crippen LogP contribution in [0.1, 0.15) is 38.2 Å². The molecule has 7 heteroatoms. The Morgan fingerprint density at radius 1 is 1.31 bits per heavy atom. The highest BCUT2D eigenvalue weighted by molar-refractivity contribution is 6.31. The minimum absolute atomic E-state index is 0.0842. The Balaban J connectivity index is 1.44. The van der Waals surface area contributed by atoms with Gasteiger partial charge in [-0.25, -0.2) is 4.79 Å². The highest BCUT2D eigenvalue weighted by atomic mass is 35.5. The van der Waals surface area contributed by atoms with Crippen LogP contribution in [-0.2, 0) is 11.2 Å². The topological polar surface area (TPSA) is 81.7 Å². The standard InChI is InChI=1S/C19H26ClN3O3/c1-2-13-5-6-14(9-17(13)20)21-19(26)22-15-7-16(8-15)23(11-18(24)25)10-12-3-4-12/h5-6,9,12,15-16H,2-4,7-8,10-11H2,1H3,(H,24,25)(H2,21,22,26). The number of amides is 2. The van der Waals surface area contributed by atoms with Gasteiger partial charge in [-0.15, -0.1) is 0 Å². The quantitative estimate of drug-likeness (QED) is 0.647. The van der Waals surface area contributed by atoms with E-state index in [0.717, 1.165) is 31.4 Å². The number of carboxylic acid groups (broad SMARTS) is 1. The van der Waals surface area contributed by atoms with Crippen molar-refractivity contribution in [1.82, 2.24) is 10.2 Å². The molecule has 0 spiro atoms. The Hall–Kier alpha value is -1.79. The number of hydrogen-bond donors (Lipinski definition) is 3. The molecule has 1 aromatic carbocycles. The molecule has 1 aromatic rings. The molecule has 3 rings (SSSR count). The Labute approximate surface area is 158 Å². The molecule has 0 saturated heterocycles. The fraction of sp³-hybridized carbons (Fsp3) is 0.579. The molecular formula is C19H26ClN3O3. The van der Waals surface area contributed by atoms with Crippen LogP contribution in [0.4, 0.5) is 10.5 Å². The van der Waals surface area contributed by atoms with Crippen LogP contribution in [0, 0.1) is 5.92 Å². The van der Waals surface area contributed by atoms with E-state index in [0.29, 0.717) is 16.6 Å². The first kappa shape index (κ1) is 19.0. The molecule has 0 aromatic heterocycles. The Morgan fingerprint density at radius 2 is 2.04 bits per heavy atom. The molecule has 0 atom stereocenters. The lowest BCUT2D eigenvalue weighted by atomic mass is 9.85. The number of anilines is 1. The molecule has 0 unspecified atom stereocenters. The van der Waals surface area contributed by atoms with E-state index < -0.39 is 5.97 Å². The van der Waals surface area contributed by atoms with Gasteiger partial charge in [0.1, 0.15) is 0 Å². The fourth-order valence-corrected chi connectivity index (χ4v) is 3.73. The average molecular weight is 380 g/mol. The molecule has 0 heterocycles. The Kier molecular flexibility index (Phi) is 6.04. The van der Waals surface area contributed by atoms with Crippen LogP contribution in [0.2, 0.25) is 5.02 Å². The van der Waals surface area contributed by atoms with E-state index in [9.17, 15) is 9.59 Å².